The number of nitrogens with zero attached hydrogens (tertiary/aromatic N) is 3. The third-order valence-electron chi connectivity index (χ3n) is 3.61. The van der Waals surface area contributed by atoms with Gasteiger partial charge in [0, 0.05) is 19.4 Å². The van der Waals surface area contributed by atoms with Gasteiger partial charge >= 0.3 is 6.09 Å². The Kier molecular flexibility index (Phi) is 3.39. The molecule has 1 aromatic heterocycles. The highest BCUT2D eigenvalue weighted by Crippen LogP contribution is 2.30. The van der Waals surface area contributed by atoms with Crippen LogP contribution >= 0.6 is 0 Å². The van der Waals surface area contributed by atoms with Crippen LogP contribution in [0.5, 0.6) is 0 Å². The van der Waals surface area contributed by atoms with E-state index in [4.69, 9.17) is 4.74 Å². The fourth-order valence-electron chi connectivity index (χ4n) is 2.48. The van der Waals surface area contributed by atoms with Crippen molar-refractivity contribution in [3.05, 3.63) is 54.1 Å². The van der Waals surface area contributed by atoms with Gasteiger partial charge in [-0.2, -0.15) is 0 Å². The topological polar surface area (TPSA) is 67.6 Å². The second kappa shape index (κ2) is 5.21. The van der Waals surface area contributed by atoms with Crippen LogP contribution in [0.15, 0.2) is 42.7 Å². The van der Waals surface area contributed by atoms with Crippen molar-refractivity contribution >= 4 is 6.09 Å². The molecule has 1 amide bonds. The number of rotatable bonds is 3. The summed E-state index contributed by atoms with van der Waals surface area (Å²) in [5.41, 5.74) is -0.143. The van der Waals surface area contributed by atoms with Crippen molar-refractivity contribution in [1.82, 2.24) is 14.5 Å². The third-order valence-corrected chi connectivity index (χ3v) is 3.61. The van der Waals surface area contributed by atoms with Gasteiger partial charge in [-0.15, -0.1) is 0 Å². The molecule has 0 spiro atoms. The molecule has 1 aliphatic heterocycles. The maximum atomic E-state index is 11.9. The Balaban J connectivity index is 1.54. The highest BCUT2D eigenvalue weighted by molar-refractivity contribution is 5.69. The minimum atomic E-state index is -1.08. The molecule has 1 aliphatic rings. The lowest BCUT2D eigenvalue weighted by Gasteiger charge is -2.44. The molecule has 0 saturated carbocycles. The van der Waals surface area contributed by atoms with Crippen molar-refractivity contribution in [1.29, 1.82) is 0 Å². The molecule has 21 heavy (non-hydrogen) atoms. The Morgan fingerprint density at radius 1 is 1.38 bits per heavy atom. The quantitative estimate of drug-likeness (QED) is 0.923. The van der Waals surface area contributed by atoms with Gasteiger partial charge in [0.25, 0.3) is 0 Å². The van der Waals surface area contributed by atoms with E-state index in [0.717, 1.165) is 5.56 Å². The van der Waals surface area contributed by atoms with Crippen LogP contribution in [0.4, 0.5) is 4.79 Å². The predicted molar refractivity (Wildman–Crippen MR) is 75.3 cm³/mol. The molecular formula is C15H17N3O3. The number of β-amino-alcohol motifs (C(OH)–C–C–N with tert-alkyl or cyclic N) is 1. The van der Waals surface area contributed by atoms with Crippen LogP contribution in [0.3, 0.4) is 0 Å². The number of imidazole rings is 1. The first-order chi connectivity index (χ1) is 10.1. The zero-order valence-electron chi connectivity index (χ0n) is 11.8. The zero-order valence-corrected chi connectivity index (χ0v) is 11.8. The summed E-state index contributed by atoms with van der Waals surface area (Å²) in [6.45, 7) is 0.633. The van der Waals surface area contributed by atoms with E-state index in [9.17, 15) is 9.90 Å². The van der Waals surface area contributed by atoms with Gasteiger partial charge < -0.3 is 19.3 Å². The Bertz CT molecular complexity index is 633. The minimum Gasteiger partial charge on any atom is -0.445 e. The zero-order chi connectivity index (χ0) is 14.9. The van der Waals surface area contributed by atoms with E-state index in [2.05, 4.69) is 4.98 Å². The molecule has 0 radical (unpaired) electrons. The lowest BCUT2D eigenvalue weighted by Crippen LogP contribution is -2.62. The monoisotopic (exact) mass is 287 g/mol. The summed E-state index contributed by atoms with van der Waals surface area (Å²) in [4.78, 5) is 17.5. The molecule has 110 valence electrons. The normalized spacial score (nSPS) is 16.4. The van der Waals surface area contributed by atoms with Gasteiger partial charge in [-0.25, -0.2) is 9.78 Å². The summed E-state index contributed by atoms with van der Waals surface area (Å²) in [7, 11) is 1.82. The van der Waals surface area contributed by atoms with Gasteiger partial charge in [-0.3, -0.25) is 0 Å². The second-order valence-corrected chi connectivity index (χ2v) is 5.29. The summed E-state index contributed by atoms with van der Waals surface area (Å²) in [5.74, 6) is 0.564. The highest BCUT2D eigenvalue weighted by atomic mass is 16.6. The van der Waals surface area contributed by atoms with Crippen molar-refractivity contribution in [2.75, 3.05) is 13.1 Å². The van der Waals surface area contributed by atoms with Crippen LogP contribution in [0, 0.1) is 0 Å². The molecule has 1 fully saturated rings. The van der Waals surface area contributed by atoms with Crippen LogP contribution in [0.25, 0.3) is 0 Å². The smallest absolute Gasteiger partial charge is 0.410 e. The van der Waals surface area contributed by atoms with Gasteiger partial charge in [0.15, 0.2) is 5.60 Å². The van der Waals surface area contributed by atoms with Gasteiger partial charge in [0.2, 0.25) is 0 Å². The number of amides is 1. The Morgan fingerprint density at radius 2 is 2.10 bits per heavy atom. The van der Waals surface area contributed by atoms with Crippen LogP contribution in [-0.2, 0) is 24.0 Å². The van der Waals surface area contributed by atoms with Crippen molar-refractivity contribution in [2.45, 2.75) is 12.2 Å². The van der Waals surface area contributed by atoms with Gasteiger partial charge in [-0.1, -0.05) is 30.3 Å². The molecule has 2 heterocycles. The van der Waals surface area contributed by atoms with Crippen LogP contribution in [0.1, 0.15) is 11.4 Å². The lowest BCUT2D eigenvalue weighted by atomic mass is 9.94. The molecule has 2 aromatic rings. The maximum absolute atomic E-state index is 11.9. The summed E-state index contributed by atoms with van der Waals surface area (Å²) >= 11 is 0. The van der Waals surface area contributed by atoms with E-state index in [1.165, 1.54) is 4.90 Å². The van der Waals surface area contributed by atoms with Crippen LogP contribution < -0.4 is 0 Å². The maximum Gasteiger partial charge on any atom is 0.410 e. The Labute approximate surface area is 122 Å². The SMILES string of the molecule is Cn1ccnc1C1(O)CN(C(=O)OCc2ccccc2)C1. The van der Waals surface area contributed by atoms with Crippen LogP contribution in [0.2, 0.25) is 0 Å². The number of hydrogen-bond donors (Lipinski definition) is 1. The Morgan fingerprint density at radius 3 is 2.71 bits per heavy atom. The van der Waals surface area contributed by atoms with E-state index in [1.807, 2.05) is 37.4 Å². The average Bonchev–Trinajstić information content (AvgIpc) is 2.89. The van der Waals surface area contributed by atoms with Crippen molar-refractivity contribution < 1.29 is 14.6 Å². The summed E-state index contributed by atoms with van der Waals surface area (Å²) in [6, 6.07) is 9.49. The van der Waals surface area contributed by atoms with E-state index >= 15 is 0 Å². The fourth-order valence-corrected chi connectivity index (χ4v) is 2.48. The van der Waals surface area contributed by atoms with E-state index in [0.29, 0.717) is 5.82 Å². The van der Waals surface area contributed by atoms with Gasteiger partial charge in [0.1, 0.15) is 12.4 Å². The molecule has 1 N–H and O–H groups in total. The number of aliphatic hydroxyl groups is 1. The molecular weight excluding hydrogens is 270 g/mol. The van der Waals surface area contributed by atoms with Crippen molar-refractivity contribution in [3.8, 4) is 0 Å². The molecule has 6 heteroatoms. The van der Waals surface area contributed by atoms with Crippen molar-refractivity contribution in [2.24, 2.45) is 7.05 Å². The molecule has 0 bridgehead atoms. The number of ether oxygens (including phenoxy) is 1. The molecule has 3 rings (SSSR count). The average molecular weight is 287 g/mol. The standard InChI is InChI=1S/C15H17N3O3/c1-17-8-7-16-13(17)15(20)10-18(11-15)14(19)21-9-12-5-3-2-4-6-12/h2-8,20H,9-11H2,1H3. The lowest BCUT2D eigenvalue weighted by molar-refractivity contribution is -0.102. The van der Waals surface area contributed by atoms with Gasteiger partial charge in [-0.05, 0) is 5.56 Å². The van der Waals surface area contributed by atoms with Crippen LogP contribution in [-0.4, -0.2) is 38.7 Å². The first kappa shape index (κ1) is 13.6. The molecule has 0 unspecified atom stereocenters. The third kappa shape index (κ3) is 2.62. The summed E-state index contributed by atoms with van der Waals surface area (Å²) < 4.78 is 6.98. The first-order valence-electron chi connectivity index (χ1n) is 6.74. The minimum absolute atomic E-state index is 0.200. The van der Waals surface area contributed by atoms with E-state index in [-0.39, 0.29) is 19.7 Å². The fraction of sp³-hybridized carbons (Fsp3) is 0.333. The predicted octanol–water partition coefficient (Wildman–Crippen LogP) is 1.26. The molecule has 0 atom stereocenters. The largest absolute Gasteiger partial charge is 0.445 e. The first-order valence-corrected chi connectivity index (χ1v) is 6.74. The van der Waals surface area contributed by atoms with E-state index in [1.54, 1.807) is 17.0 Å². The van der Waals surface area contributed by atoms with E-state index < -0.39 is 11.7 Å². The number of carbonyl (C=O) groups is 1. The second-order valence-electron chi connectivity index (χ2n) is 5.29. The van der Waals surface area contributed by atoms with Gasteiger partial charge in [0.05, 0.1) is 13.1 Å². The van der Waals surface area contributed by atoms with Crippen molar-refractivity contribution in [3.63, 3.8) is 0 Å². The number of aromatic nitrogens is 2. The summed E-state index contributed by atoms with van der Waals surface area (Å²) in [6.07, 6.45) is 2.98. The highest BCUT2D eigenvalue weighted by Gasteiger charge is 2.48. The number of aryl methyl sites for hydroxylation is 1. The molecule has 0 aliphatic carbocycles. The number of benzene rings is 1. The number of carbonyl (C=O) groups excluding carboxylic acids is 1. The molecule has 6 nitrogen and oxygen atoms in total. The molecule has 1 aromatic carbocycles. The summed E-state index contributed by atoms with van der Waals surface area (Å²) in [5, 5.41) is 10.4. The molecule has 1 saturated heterocycles. The number of likely N-dealkylation sites (tertiary alicyclic amines) is 1. The number of hydrogen-bond acceptors (Lipinski definition) is 4. The Hall–Kier alpha value is -2.34.